The van der Waals surface area contributed by atoms with Gasteiger partial charge in [-0.3, -0.25) is 0 Å². The topological polar surface area (TPSA) is 17.8 Å². The predicted molar refractivity (Wildman–Crippen MR) is 87.7 cm³/mol. The average Bonchev–Trinajstić information content (AvgIpc) is 2.97. The predicted octanol–water partition coefficient (Wildman–Crippen LogP) is 4.84. The fourth-order valence-corrected chi connectivity index (χ4v) is 2.44. The molecule has 0 aliphatic carbocycles. The molecule has 0 aliphatic rings. The molecule has 0 radical (unpaired) electrons. The van der Waals surface area contributed by atoms with Crippen molar-refractivity contribution < 1.29 is 0 Å². The van der Waals surface area contributed by atoms with Gasteiger partial charge in [0, 0.05) is 5.56 Å². The number of rotatable bonds is 2. The largest absolute Gasteiger partial charge is 0.233 e. The van der Waals surface area contributed by atoms with E-state index in [-0.39, 0.29) is 5.41 Å². The van der Waals surface area contributed by atoms with Gasteiger partial charge in [0.15, 0.2) is 0 Å². The third-order valence-electron chi connectivity index (χ3n) is 3.69. The highest BCUT2D eigenvalue weighted by atomic mass is 15.3. The summed E-state index contributed by atoms with van der Waals surface area (Å²) in [7, 11) is 0. The van der Waals surface area contributed by atoms with E-state index in [0.29, 0.717) is 0 Å². The second-order valence-corrected chi connectivity index (χ2v) is 6.29. The quantitative estimate of drug-likeness (QED) is 0.655. The summed E-state index contributed by atoms with van der Waals surface area (Å²) in [6.45, 7) is 6.68. The SMILES string of the molecule is CC(C)(C)c1ccc(-n2nccc2-c2ccccc2)cc1. The summed E-state index contributed by atoms with van der Waals surface area (Å²) in [6.07, 6.45) is 1.85. The molecule has 3 rings (SSSR count). The molecule has 1 heterocycles. The maximum atomic E-state index is 4.47. The molecular formula is C19H20N2. The van der Waals surface area contributed by atoms with Crippen molar-refractivity contribution in [3.8, 4) is 16.9 Å². The summed E-state index contributed by atoms with van der Waals surface area (Å²) in [5.74, 6) is 0. The minimum atomic E-state index is 0.172. The third-order valence-corrected chi connectivity index (χ3v) is 3.69. The van der Waals surface area contributed by atoms with Crippen molar-refractivity contribution in [2.24, 2.45) is 0 Å². The van der Waals surface area contributed by atoms with Crippen LogP contribution in [0, 0.1) is 0 Å². The lowest BCUT2D eigenvalue weighted by molar-refractivity contribution is 0.590. The standard InChI is InChI=1S/C19H20N2/c1-19(2,3)16-9-11-17(12-10-16)21-18(13-14-20-21)15-7-5-4-6-8-15/h4-14H,1-3H3. The molecule has 0 fully saturated rings. The highest BCUT2D eigenvalue weighted by molar-refractivity contribution is 5.61. The van der Waals surface area contributed by atoms with Crippen LogP contribution in [-0.2, 0) is 5.41 Å². The Labute approximate surface area is 126 Å². The summed E-state index contributed by atoms with van der Waals surface area (Å²) in [5.41, 5.74) is 4.88. The van der Waals surface area contributed by atoms with E-state index in [1.165, 1.54) is 11.1 Å². The van der Waals surface area contributed by atoms with Gasteiger partial charge in [0.2, 0.25) is 0 Å². The molecule has 0 bridgehead atoms. The molecular weight excluding hydrogens is 256 g/mol. The number of hydrogen-bond donors (Lipinski definition) is 0. The monoisotopic (exact) mass is 276 g/mol. The lowest BCUT2D eigenvalue weighted by Gasteiger charge is -2.19. The Morgan fingerprint density at radius 1 is 0.810 bits per heavy atom. The molecule has 0 N–H and O–H groups in total. The molecule has 106 valence electrons. The number of aromatic nitrogens is 2. The first-order chi connectivity index (χ1) is 10.1. The maximum absolute atomic E-state index is 4.47. The van der Waals surface area contributed by atoms with Gasteiger partial charge in [-0.25, -0.2) is 4.68 Å². The zero-order valence-corrected chi connectivity index (χ0v) is 12.7. The van der Waals surface area contributed by atoms with Crippen molar-refractivity contribution in [3.63, 3.8) is 0 Å². The van der Waals surface area contributed by atoms with Crippen LogP contribution in [0.25, 0.3) is 16.9 Å². The first kappa shape index (κ1) is 13.6. The van der Waals surface area contributed by atoms with Crippen molar-refractivity contribution in [2.75, 3.05) is 0 Å². The Bertz CT molecular complexity index is 716. The summed E-state index contributed by atoms with van der Waals surface area (Å²) in [4.78, 5) is 0. The average molecular weight is 276 g/mol. The summed E-state index contributed by atoms with van der Waals surface area (Å²) < 4.78 is 1.99. The molecule has 3 aromatic rings. The molecule has 0 saturated carbocycles. The molecule has 0 aliphatic heterocycles. The van der Waals surface area contributed by atoms with Crippen LogP contribution in [-0.4, -0.2) is 9.78 Å². The maximum Gasteiger partial charge on any atom is 0.0740 e. The molecule has 0 atom stereocenters. The first-order valence-corrected chi connectivity index (χ1v) is 7.26. The van der Waals surface area contributed by atoms with Crippen LogP contribution in [0.5, 0.6) is 0 Å². The molecule has 0 unspecified atom stereocenters. The molecule has 0 amide bonds. The van der Waals surface area contributed by atoms with E-state index in [1.807, 2.05) is 23.0 Å². The molecule has 2 aromatic carbocycles. The van der Waals surface area contributed by atoms with E-state index in [1.54, 1.807) is 0 Å². The minimum absolute atomic E-state index is 0.172. The van der Waals surface area contributed by atoms with Gasteiger partial charge in [-0.1, -0.05) is 63.2 Å². The van der Waals surface area contributed by atoms with Crippen LogP contribution in [0.15, 0.2) is 66.9 Å². The highest BCUT2D eigenvalue weighted by Gasteiger charge is 2.14. The van der Waals surface area contributed by atoms with E-state index >= 15 is 0 Å². The normalized spacial score (nSPS) is 11.6. The van der Waals surface area contributed by atoms with E-state index in [2.05, 4.69) is 74.4 Å². The highest BCUT2D eigenvalue weighted by Crippen LogP contribution is 2.25. The Kier molecular flexibility index (Phi) is 3.38. The summed E-state index contributed by atoms with van der Waals surface area (Å²) in [6, 6.07) is 21.0. The lowest BCUT2D eigenvalue weighted by atomic mass is 9.87. The van der Waals surface area contributed by atoms with Gasteiger partial charge in [-0.15, -0.1) is 0 Å². The number of benzene rings is 2. The van der Waals surface area contributed by atoms with Gasteiger partial charge in [-0.2, -0.15) is 5.10 Å². The fourth-order valence-electron chi connectivity index (χ4n) is 2.44. The van der Waals surface area contributed by atoms with E-state index in [0.717, 1.165) is 11.4 Å². The van der Waals surface area contributed by atoms with Crippen molar-refractivity contribution >= 4 is 0 Å². The van der Waals surface area contributed by atoms with E-state index in [4.69, 9.17) is 0 Å². The Morgan fingerprint density at radius 3 is 2.10 bits per heavy atom. The van der Waals surface area contributed by atoms with Crippen molar-refractivity contribution in [2.45, 2.75) is 26.2 Å². The van der Waals surface area contributed by atoms with Gasteiger partial charge in [0.1, 0.15) is 0 Å². The number of nitrogens with zero attached hydrogens (tertiary/aromatic N) is 2. The Balaban J connectivity index is 2.01. The third kappa shape index (κ3) is 2.75. The lowest BCUT2D eigenvalue weighted by Crippen LogP contribution is -2.11. The van der Waals surface area contributed by atoms with Crippen molar-refractivity contribution in [3.05, 3.63) is 72.4 Å². The molecule has 0 saturated heterocycles. The smallest absolute Gasteiger partial charge is 0.0740 e. The van der Waals surface area contributed by atoms with Crippen LogP contribution in [0.3, 0.4) is 0 Å². The summed E-state index contributed by atoms with van der Waals surface area (Å²) in [5, 5.41) is 4.47. The summed E-state index contributed by atoms with van der Waals surface area (Å²) >= 11 is 0. The fraction of sp³-hybridized carbons (Fsp3) is 0.211. The van der Waals surface area contributed by atoms with Gasteiger partial charge in [0.25, 0.3) is 0 Å². The van der Waals surface area contributed by atoms with Crippen LogP contribution in [0.4, 0.5) is 0 Å². The zero-order valence-electron chi connectivity index (χ0n) is 12.7. The molecule has 0 spiro atoms. The molecule has 2 heteroatoms. The van der Waals surface area contributed by atoms with E-state index in [9.17, 15) is 0 Å². The van der Waals surface area contributed by atoms with Gasteiger partial charge in [0.05, 0.1) is 17.6 Å². The van der Waals surface area contributed by atoms with Gasteiger partial charge < -0.3 is 0 Å². The van der Waals surface area contributed by atoms with Crippen molar-refractivity contribution in [1.29, 1.82) is 0 Å². The Hall–Kier alpha value is -2.35. The van der Waals surface area contributed by atoms with Crippen LogP contribution < -0.4 is 0 Å². The second kappa shape index (κ2) is 5.21. The van der Waals surface area contributed by atoms with Crippen LogP contribution in [0.1, 0.15) is 26.3 Å². The second-order valence-electron chi connectivity index (χ2n) is 6.29. The van der Waals surface area contributed by atoms with Gasteiger partial charge in [-0.05, 0) is 29.2 Å². The molecule has 2 nitrogen and oxygen atoms in total. The van der Waals surface area contributed by atoms with Gasteiger partial charge >= 0.3 is 0 Å². The zero-order chi connectivity index (χ0) is 14.9. The van der Waals surface area contributed by atoms with Crippen molar-refractivity contribution in [1.82, 2.24) is 9.78 Å². The number of hydrogen-bond acceptors (Lipinski definition) is 1. The van der Waals surface area contributed by atoms with Crippen LogP contribution >= 0.6 is 0 Å². The van der Waals surface area contributed by atoms with Crippen LogP contribution in [0.2, 0.25) is 0 Å². The molecule has 21 heavy (non-hydrogen) atoms. The first-order valence-electron chi connectivity index (χ1n) is 7.26. The molecule has 1 aromatic heterocycles. The minimum Gasteiger partial charge on any atom is -0.233 e. The Morgan fingerprint density at radius 2 is 1.48 bits per heavy atom. The van der Waals surface area contributed by atoms with E-state index < -0.39 is 0 Å².